The summed E-state index contributed by atoms with van der Waals surface area (Å²) in [6.45, 7) is 0.341. The Bertz CT molecular complexity index is 869. The zero-order chi connectivity index (χ0) is 19.8. The van der Waals surface area contributed by atoms with Crippen molar-refractivity contribution < 1.29 is 19.5 Å². The summed E-state index contributed by atoms with van der Waals surface area (Å²) in [5.74, 6) is -1.28. The van der Waals surface area contributed by atoms with Crippen molar-refractivity contribution in [3.05, 3.63) is 107 Å². The molecular formula is C23H21NO4. The summed E-state index contributed by atoms with van der Waals surface area (Å²) in [7, 11) is 0. The smallest absolute Gasteiger partial charge is 0.335 e. The molecule has 142 valence electrons. The van der Waals surface area contributed by atoms with Crippen LogP contribution in [0.2, 0.25) is 0 Å². The largest absolute Gasteiger partial charge is 0.478 e. The number of rotatable bonds is 8. The molecule has 0 atom stereocenters. The lowest BCUT2D eigenvalue weighted by Gasteiger charge is -2.18. The Morgan fingerprint density at radius 1 is 0.786 bits per heavy atom. The summed E-state index contributed by atoms with van der Waals surface area (Å²) in [4.78, 5) is 28.4. The number of carboxylic acid groups (broad SMARTS) is 1. The zero-order valence-corrected chi connectivity index (χ0v) is 15.2. The number of aromatic carboxylic acids is 1. The van der Waals surface area contributed by atoms with Gasteiger partial charge in [0.25, 0.3) is 5.91 Å². The van der Waals surface area contributed by atoms with Gasteiger partial charge in [0, 0.05) is 11.5 Å². The highest BCUT2D eigenvalue weighted by Gasteiger charge is 2.14. The number of benzene rings is 3. The highest BCUT2D eigenvalue weighted by atomic mass is 16.6. The molecule has 0 saturated heterocycles. The Kier molecular flexibility index (Phi) is 6.54. The molecule has 5 nitrogen and oxygen atoms in total. The Morgan fingerprint density at radius 2 is 1.29 bits per heavy atom. The Labute approximate surface area is 163 Å². The lowest BCUT2D eigenvalue weighted by atomic mass is 9.89. The van der Waals surface area contributed by atoms with Crippen molar-refractivity contribution in [3.63, 3.8) is 0 Å². The van der Waals surface area contributed by atoms with Crippen LogP contribution in [0.5, 0.6) is 0 Å². The summed E-state index contributed by atoms with van der Waals surface area (Å²) < 4.78 is 0. The van der Waals surface area contributed by atoms with Crippen molar-refractivity contribution in [1.82, 2.24) is 5.48 Å². The molecule has 0 radical (unpaired) electrons. The number of carbonyl (C=O) groups is 2. The van der Waals surface area contributed by atoms with Gasteiger partial charge < -0.3 is 5.11 Å². The summed E-state index contributed by atoms with van der Waals surface area (Å²) >= 11 is 0. The van der Waals surface area contributed by atoms with Crippen LogP contribution >= 0.6 is 0 Å². The van der Waals surface area contributed by atoms with E-state index in [1.54, 1.807) is 0 Å². The fourth-order valence-electron chi connectivity index (χ4n) is 3.01. The Morgan fingerprint density at radius 3 is 1.79 bits per heavy atom. The van der Waals surface area contributed by atoms with Gasteiger partial charge in [-0.2, -0.15) is 0 Å². The zero-order valence-electron chi connectivity index (χ0n) is 15.2. The third kappa shape index (κ3) is 5.05. The van der Waals surface area contributed by atoms with Gasteiger partial charge in [0.1, 0.15) is 0 Å². The maximum absolute atomic E-state index is 12.1. The van der Waals surface area contributed by atoms with Crippen LogP contribution in [0.4, 0.5) is 0 Å². The van der Waals surface area contributed by atoms with Crippen molar-refractivity contribution in [2.24, 2.45) is 0 Å². The molecule has 3 aromatic carbocycles. The molecule has 0 aromatic heterocycles. The van der Waals surface area contributed by atoms with E-state index in [-0.39, 0.29) is 11.5 Å². The van der Waals surface area contributed by atoms with E-state index in [1.165, 1.54) is 35.4 Å². The molecule has 2 N–H and O–H groups in total. The summed E-state index contributed by atoms with van der Waals surface area (Å²) in [6.07, 6.45) is 0.701. The first-order chi connectivity index (χ1) is 13.6. The maximum atomic E-state index is 12.1. The van der Waals surface area contributed by atoms with Gasteiger partial charge in [-0.3, -0.25) is 9.63 Å². The van der Waals surface area contributed by atoms with E-state index in [4.69, 9.17) is 9.94 Å². The third-order valence-corrected chi connectivity index (χ3v) is 4.47. The molecule has 28 heavy (non-hydrogen) atoms. The number of carboxylic acids is 1. The lowest BCUT2D eigenvalue weighted by Crippen LogP contribution is -2.25. The van der Waals surface area contributed by atoms with Crippen LogP contribution in [0, 0.1) is 0 Å². The second-order valence-electron chi connectivity index (χ2n) is 6.32. The molecule has 0 heterocycles. The quantitative estimate of drug-likeness (QED) is 0.455. The minimum atomic E-state index is -1.03. The van der Waals surface area contributed by atoms with Crippen LogP contribution in [0.25, 0.3) is 0 Å². The van der Waals surface area contributed by atoms with Crippen LogP contribution in [0.1, 0.15) is 44.2 Å². The Balaban J connectivity index is 1.57. The van der Waals surface area contributed by atoms with Gasteiger partial charge >= 0.3 is 5.97 Å². The van der Waals surface area contributed by atoms with Crippen LogP contribution < -0.4 is 5.48 Å². The Hall–Kier alpha value is -3.44. The van der Waals surface area contributed by atoms with E-state index in [2.05, 4.69) is 29.7 Å². The molecule has 3 aromatic rings. The van der Waals surface area contributed by atoms with Crippen LogP contribution in [0.15, 0.2) is 84.9 Å². The third-order valence-electron chi connectivity index (χ3n) is 4.47. The molecular weight excluding hydrogens is 354 g/mol. The van der Waals surface area contributed by atoms with Crippen molar-refractivity contribution in [2.75, 3.05) is 6.61 Å². The predicted octanol–water partition coefficient (Wildman–Crippen LogP) is 4.27. The van der Waals surface area contributed by atoms with E-state index in [0.717, 1.165) is 0 Å². The summed E-state index contributed by atoms with van der Waals surface area (Å²) in [5, 5.41) is 8.90. The van der Waals surface area contributed by atoms with Gasteiger partial charge in [-0.1, -0.05) is 60.7 Å². The average molecular weight is 375 g/mol. The highest BCUT2D eigenvalue weighted by molar-refractivity contribution is 5.95. The van der Waals surface area contributed by atoms with E-state index in [0.29, 0.717) is 18.6 Å². The van der Waals surface area contributed by atoms with Gasteiger partial charge in [0.15, 0.2) is 0 Å². The fourth-order valence-corrected chi connectivity index (χ4v) is 3.01. The summed E-state index contributed by atoms with van der Waals surface area (Å²) in [6, 6.07) is 26.0. The van der Waals surface area contributed by atoms with Gasteiger partial charge in [-0.15, -0.1) is 0 Å². The molecule has 0 aliphatic carbocycles. The second kappa shape index (κ2) is 9.48. The number of hydroxylamine groups is 1. The minimum absolute atomic E-state index is 0.131. The SMILES string of the molecule is O=C(O)c1ccc(C(=O)NOCCC(c2ccccc2)c2ccccc2)cc1. The van der Waals surface area contributed by atoms with E-state index in [1.807, 2.05) is 36.4 Å². The van der Waals surface area contributed by atoms with Gasteiger partial charge in [0.2, 0.25) is 0 Å². The van der Waals surface area contributed by atoms with E-state index < -0.39 is 11.9 Å². The highest BCUT2D eigenvalue weighted by Crippen LogP contribution is 2.27. The number of hydrogen-bond donors (Lipinski definition) is 2. The first-order valence-corrected chi connectivity index (χ1v) is 9.00. The van der Waals surface area contributed by atoms with E-state index >= 15 is 0 Å². The van der Waals surface area contributed by atoms with E-state index in [9.17, 15) is 9.59 Å². The van der Waals surface area contributed by atoms with Gasteiger partial charge in [-0.05, 0) is 41.8 Å². The predicted molar refractivity (Wildman–Crippen MR) is 106 cm³/mol. The van der Waals surface area contributed by atoms with Crippen LogP contribution in [0.3, 0.4) is 0 Å². The minimum Gasteiger partial charge on any atom is -0.478 e. The standard InChI is InChI=1S/C23H21NO4/c25-22(19-11-13-20(14-12-19)23(26)27)24-28-16-15-21(17-7-3-1-4-8-17)18-9-5-2-6-10-18/h1-14,21H,15-16H2,(H,24,25)(H,26,27). The second-order valence-corrected chi connectivity index (χ2v) is 6.32. The number of nitrogens with one attached hydrogen (secondary N) is 1. The monoisotopic (exact) mass is 375 g/mol. The van der Waals surface area contributed by atoms with Crippen LogP contribution in [-0.2, 0) is 4.84 Å². The fraction of sp³-hybridized carbons (Fsp3) is 0.130. The topological polar surface area (TPSA) is 75.6 Å². The molecule has 0 spiro atoms. The van der Waals surface area contributed by atoms with Crippen molar-refractivity contribution in [2.45, 2.75) is 12.3 Å². The first kappa shape index (κ1) is 19.3. The lowest BCUT2D eigenvalue weighted by molar-refractivity contribution is 0.0294. The molecule has 5 heteroatoms. The molecule has 0 aliphatic rings. The number of hydrogen-bond acceptors (Lipinski definition) is 3. The number of amides is 1. The molecule has 3 rings (SSSR count). The molecule has 0 fully saturated rings. The first-order valence-electron chi connectivity index (χ1n) is 9.00. The molecule has 0 aliphatic heterocycles. The summed E-state index contributed by atoms with van der Waals surface area (Å²) in [5.41, 5.74) is 5.27. The average Bonchev–Trinajstić information content (AvgIpc) is 2.75. The normalized spacial score (nSPS) is 10.6. The van der Waals surface area contributed by atoms with Crippen molar-refractivity contribution in [1.29, 1.82) is 0 Å². The van der Waals surface area contributed by atoms with Crippen molar-refractivity contribution >= 4 is 11.9 Å². The van der Waals surface area contributed by atoms with Gasteiger partial charge in [0.05, 0.1) is 12.2 Å². The van der Waals surface area contributed by atoms with Gasteiger partial charge in [-0.25, -0.2) is 10.3 Å². The molecule has 0 bridgehead atoms. The number of carbonyl (C=O) groups excluding carboxylic acids is 1. The van der Waals surface area contributed by atoms with Crippen molar-refractivity contribution in [3.8, 4) is 0 Å². The maximum Gasteiger partial charge on any atom is 0.335 e. The molecule has 0 unspecified atom stereocenters. The molecule has 0 saturated carbocycles. The molecule has 1 amide bonds. The van der Waals surface area contributed by atoms with Crippen LogP contribution in [-0.4, -0.2) is 23.6 Å².